The van der Waals surface area contributed by atoms with Crippen molar-refractivity contribution < 1.29 is 15.0 Å². The molecule has 0 aliphatic rings. The summed E-state index contributed by atoms with van der Waals surface area (Å²) in [6.07, 6.45) is 2.75. The van der Waals surface area contributed by atoms with Crippen molar-refractivity contribution in [3.8, 4) is 0 Å². The number of carbonyl (C=O) groups is 1. The lowest BCUT2D eigenvalue weighted by molar-refractivity contribution is -0.108. The fourth-order valence-corrected chi connectivity index (χ4v) is 0.843. The van der Waals surface area contributed by atoms with Gasteiger partial charge >= 0.3 is 0 Å². The average Bonchev–Trinajstić information content (AvgIpc) is 1.97. The lowest BCUT2D eigenvalue weighted by Gasteiger charge is -2.11. The molecule has 0 radical (unpaired) electrons. The Hall–Kier alpha value is -0.410. The van der Waals surface area contributed by atoms with Gasteiger partial charge in [-0.2, -0.15) is 0 Å². The minimum absolute atomic E-state index is 0.0818. The lowest BCUT2D eigenvalue weighted by Crippen LogP contribution is -2.15. The monoisotopic (exact) mass is 160 g/mol. The maximum Gasteiger partial charge on any atom is 0.154 e. The summed E-state index contributed by atoms with van der Waals surface area (Å²) < 4.78 is 0. The number of rotatable bonds is 6. The molecule has 3 nitrogen and oxygen atoms in total. The van der Waals surface area contributed by atoms with E-state index in [-0.39, 0.29) is 5.92 Å². The Morgan fingerprint density at radius 3 is 2.45 bits per heavy atom. The molecule has 0 aliphatic carbocycles. The molecular weight excluding hydrogens is 144 g/mol. The molecule has 11 heavy (non-hydrogen) atoms. The molecule has 1 unspecified atom stereocenters. The smallest absolute Gasteiger partial charge is 0.154 e. The molecule has 0 heterocycles. The molecule has 0 fully saturated rings. The summed E-state index contributed by atoms with van der Waals surface area (Å²) in [5.41, 5.74) is 0. The third-order valence-electron chi connectivity index (χ3n) is 1.74. The van der Waals surface area contributed by atoms with Crippen LogP contribution in [0.3, 0.4) is 0 Å². The third-order valence-corrected chi connectivity index (χ3v) is 1.74. The van der Waals surface area contributed by atoms with Gasteiger partial charge in [-0.25, -0.2) is 0 Å². The van der Waals surface area contributed by atoms with Crippen LogP contribution in [0.15, 0.2) is 0 Å². The van der Waals surface area contributed by atoms with Crippen molar-refractivity contribution in [3.63, 3.8) is 0 Å². The van der Waals surface area contributed by atoms with Gasteiger partial charge in [-0.1, -0.05) is 13.3 Å². The second kappa shape index (κ2) is 6.31. The molecular formula is C8H16O3. The molecule has 0 aromatic rings. The highest BCUT2D eigenvalue weighted by Gasteiger charge is 2.08. The van der Waals surface area contributed by atoms with Crippen molar-refractivity contribution in [1.82, 2.24) is 0 Å². The molecule has 0 bridgehead atoms. The zero-order chi connectivity index (χ0) is 8.69. The summed E-state index contributed by atoms with van der Waals surface area (Å²) in [6, 6.07) is 0. The van der Waals surface area contributed by atoms with E-state index < -0.39 is 6.29 Å². The fraction of sp³-hybridized carbons (Fsp3) is 0.875. The Kier molecular flexibility index (Phi) is 6.07. The number of aliphatic hydroxyl groups excluding tert-OH is 1. The maximum absolute atomic E-state index is 9.88. The van der Waals surface area contributed by atoms with Crippen LogP contribution >= 0.6 is 0 Å². The first-order valence-electron chi connectivity index (χ1n) is 3.98. The van der Waals surface area contributed by atoms with Gasteiger partial charge in [0.15, 0.2) is 6.29 Å². The standard InChI is InChI=1S/C8H16O3/c1-7(8(10)11)5-3-2-4-6-9/h6-8,10-11H,2-5H2,1H3. The third kappa shape index (κ3) is 6.01. The van der Waals surface area contributed by atoms with Crippen LogP contribution in [0.25, 0.3) is 0 Å². The summed E-state index contributed by atoms with van der Waals surface area (Å²) >= 11 is 0. The van der Waals surface area contributed by atoms with E-state index in [1.807, 2.05) is 0 Å². The van der Waals surface area contributed by atoms with Crippen LogP contribution in [0.4, 0.5) is 0 Å². The molecule has 3 heteroatoms. The van der Waals surface area contributed by atoms with Crippen molar-refractivity contribution in [2.24, 2.45) is 5.92 Å². The second-order valence-electron chi connectivity index (χ2n) is 2.84. The molecule has 2 N–H and O–H groups in total. The van der Waals surface area contributed by atoms with Crippen LogP contribution in [0, 0.1) is 5.92 Å². The summed E-state index contributed by atoms with van der Waals surface area (Å²) in [4.78, 5) is 9.88. The Bertz CT molecular complexity index is 102. The van der Waals surface area contributed by atoms with Gasteiger partial charge in [-0.3, -0.25) is 0 Å². The predicted octanol–water partition coefficient (Wildman–Crippen LogP) is 0.692. The number of aldehydes is 1. The van der Waals surface area contributed by atoms with E-state index in [0.717, 1.165) is 25.5 Å². The quantitative estimate of drug-likeness (QED) is 0.341. The lowest BCUT2D eigenvalue weighted by atomic mass is 10.0. The molecule has 0 saturated carbocycles. The minimum atomic E-state index is -1.22. The summed E-state index contributed by atoms with van der Waals surface area (Å²) in [5.74, 6) is -0.0818. The van der Waals surface area contributed by atoms with Crippen molar-refractivity contribution in [2.75, 3.05) is 0 Å². The van der Waals surface area contributed by atoms with Crippen LogP contribution in [0.2, 0.25) is 0 Å². The number of unbranched alkanes of at least 4 members (excludes halogenated alkanes) is 2. The highest BCUT2D eigenvalue weighted by atomic mass is 16.5. The van der Waals surface area contributed by atoms with Crippen molar-refractivity contribution in [3.05, 3.63) is 0 Å². The summed E-state index contributed by atoms with van der Waals surface area (Å²) in [7, 11) is 0. The first-order chi connectivity index (χ1) is 5.18. The van der Waals surface area contributed by atoms with E-state index in [2.05, 4.69) is 0 Å². The predicted molar refractivity (Wildman–Crippen MR) is 41.9 cm³/mol. The van der Waals surface area contributed by atoms with Crippen LogP contribution in [0.5, 0.6) is 0 Å². The molecule has 1 atom stereocenters. The average molecular weight is 160 g/mol. The van der Waals surface area contributed by atoms with E-state index in [0.29, 0.717) is 6.42 Å². The molecule has 0 rings (SSSR count). The molecule has 0 aliphatic heterocycles. The number of hydrogen-bond acceptors (Lipinski definition) is 3. The van der Waals surface area contributed by atoms with Crippen molar-refractivity contribution in [2.45, 2.75) is 38.9 Å². The Labute approximate surface area is 67.0 Å². The Balaban J connectivity index is 3.17. The van der Waals surface area contributed by atoms with Gasteiger partial charge < -0.3 is 15.0 Å². The summed E-state index contributed by atoms with van der Waals surface area (Å²) in [6.45, 7) is 1.78. The van der Waals surface area contributed by atoms with E-state index in [1.165, 1.54) is 0 Å². The van der Waals surface area contributed by atoms with Gasteiger partial charge in [0.25, 0.3) is 0 Å². The van der Waals surface area contributed by atoms with E-state index in [1.54, 1.807) is 6.92 Å². The van der Waals surface area contributed by atoms with Gasteiger partial charge in [0.05, 0.1) is 0 Å². The van der Waals surface area contributed by atoms with Crippen molar-refractivity contribution >= 4 is 6.29 Å². The largest absolute Gasteiger partial charge is 0.368 e. The Morgan fingerprint density at radius 2 is 2.00 bits per heavy atom. The number of aliphatic hydroxyl groups is 2. The molecule has 0 saturated heterocycles. The molecule has 0 spiro atoms. The summed E-state index contributed by atoms with van der Waals surface area (Å²) in [5, 5.41) is 17.3. The SMILES string of the molecule is CC(CCCCC=O)C(O)O. The molecule has 0 aromatic carbocycles. The van der Waals surface area contributed by atoms with Gasteiger partial charge in [0.1, 0.15) is 6.29 Å². The Morgan fingerprint density at radius 1 is 1.36 bits per heavy atom. The highest BCUT2D eigenvalue weighted by Crippen LogP contribution is 2.10. The maximum atomic E-state index is 9.88. The number of carbonyl (C=O) groups excluding carboxylic acids is 1. The van der Waals surface area contributed by atoms with Gasteiger partial charge in [0.2, 0.25) is 0 Å². The van der Waals surface area contributed by atoms with Crippen LogP contribution in [-0.4, -0.2) is 22.8 Å². The first kappa shape index (κ1) is 10.6. The van der Waals surface area contributed by atoms with Crippen LogP contribution < -0.4 is 0 Å². The molecule has 0 aromatic heterocycles. The first-order valence-corrected chi connectivity index (χ1v) is 3.98. The van der Waals surface area contributed by atoms with E-state index in [9.17, 15) is 4.79 Å². The van der Waals surface area contributed by atoms with Crippen LogP contribution in [0.1, 0.15) is 32.6 Å². The van der Waals surface area contributed by atoms with Crippen molar-refractivity contribution in [1.29, 1.82) is 0 Å². The minimum Gasteiger partial charge on any atom is -0.368 e. The molecule has 66 valence electrons. The van der Waals surface area contributed by atoms with E-state index >= 15 is 0 Å². The van der Waals surface area contributed by atoms with Gasteiger partial charge in [-0.15, -0.1) is 0 Å². The highest BCUT2D eigenvalue weighted by molar-refractivity contribution is 5.48. The number of hydrogen-bond donors (Lipinski definition) is 2. The fourth-order valence-electron chi connectivity index (χ4n) is 0.843. The second-order valence-corrected chi connectivity index (χ2v) is 2.84. The molecule has 0 amide bonds. The topological polar surface area (TPSA) is 57.5 Å². The van der Waals surface area contributed by atoms with Gasteiger partial charge in [0, 0.05) is 12.3 Å². The zero-order valence-electron chi connectivity index (χ0n) is 6.86. The normalized spacial score (nSPS) is 13.5. The van der Waals surface area contributed by atoms with Gasteiger partial charge in [-0.05, 0) is 12.8 Å². The zero-order valence-corrected chi connectivity index (χ0v) is 6.86. The van der Waals surface area contributed by atoms with Crippen LogP contribution in [-0.2, 0) is 4.79 Å². The van der Waals surface area contributed by atoms with E-state index in [4.69, 9.17) is 10.2 Å².